The molecule has 1 aliphatic carbocycles. The Bertz CT molecular complexity index is 1710. The van der Waals surface area contributed by atoms with Gasteiger partial charge in [-0.3, -0.25) is 0 Å². The molecule has 0 bridgehead atoms. The summed E-state index contributed by atoms with van der Waals surface area (Å²) >= 11 is 0. The second-order valence-corrected chi connectivity index (χ2v) is 8.73. The average Bonchev–Trinajstić information content (AvgIpc) is 3.31. The normalized spacial score (nSPS) is 12.9. The number of pyridine rings is 1. The highest BCUT2D eigenvalue weighted by Crippen LogP contribution is 2.47. The highest BCUT2D eigenvalue weighted by molar-refractivity contribution is 6.18. The third-order valence-corrected chi connectivity index (χ3v) is 6.37. The van der Waals surface area contributed by atoms with Gasteiger partial charge in [0.2, 0.25) is 0 Å². The van der Waals surface area contributed by atoms with E-state index >= 15 is 0 Å². The van der Waals surface area contributed by atoms with Gasteiger partial charge in [-0.15, -0.1) is 0 Å². The quantitative estimate of drug-likeness (QED) is 0.319. The molecule has 0 unspecified atom stereocenters. The van der Waals surface area contributed by atoms with E-state index in [1.165, 1.54) is 28.6 Å². The molecule has 1 aliphatic rings. The Labute approximate surface area is 207 Å². The molecule has 0 spiro atoms. The van der Waals surface area contributed by atoms with E-state index in [0.29, 0.717) is 29.8 Å². The molecular formula is C28H23N6O2. The van der Waals surface area contributed by atoms with Gasteiger partial charge in [-0.2, -0.15) is 10.2 Å². The van der Waals surface area contributed by atoms with Crippen LogP contribution in [0.3, 0.4) is 0 Å². The number of benzene rings is 1. The summed E-state index contributed by atoms with van der Waals surface area (Å²) in [7, 11) is 0. The molecule has 4 aromatic heterocycles. The fourth-order valence-electron chi connectivity index (χ4n) is 4.61. The Hall–Kier alpha value is -4.59. The van der Waals surface area contributed by atoms with E-state index < -0.39 is 5.97 Å². The minimum absolute atomic E-state index is 0.302. The maximum absolute atomic E-state index is 12.4. The van der Waals surface area contributed by atoms with Crippen LogP contribution < -0.4 is 0 Å². The van der Waals surface area contributed by atoms with Gasteiger partial charge >= 0.3 is 5.97 Å². The molecule has 1 radical (unpaired) electrons. The molecule has 0 saturated heterocycles. The van der Waals surface area contributed by atoms with Crippen LogP contribution in [-0.4, -0.2) is 41.8 Å². The molecule has 36 heavy (non-hydrogen) atoms. The minimum atomic E-state index is -0.392. The van der Waals surface area contributed by atoms with Crippen LogP contribution in [0.25, 0.3) is 27.9 Å². The molecule has 0 saturated carbocycles. The summed E-state index contributed by atoms with van der Waals surface area (Å²) in [5, 5.41) is 8.39. The van der Waals surface area contributed by atoms with E-state index in [4.69, 9.17) is 4.74 Å². The number of hydrogen-bond acceptors (Lipinski definition) is 6. The van der Waals surface area contributed by atoms with Gasteiger partial charge in [-0.1, -0.05) is 24.8 Å². The van der Waals surface area contributed by atoms with Crippen LogP contribution in [0.1, 0.15) is 45.2 Å². The highest BCUT2D eigenvalue weighted by atomic mass is 16.5. The van der Waals surface area contributed by atoms with Crippen molar-refractivity contribution in [1.82, 2.24) is 29.2 Å². The summed E-state index contributed by atoms with van der Waals surface area (Å²) in [6.07, 6.45) is 9.49. The Morgan fingerprint density at radius 3 is 2.64 bits per heavy atom. The third-order valence-electron chi connectivity index (χ3n) is 6.37. The van der Waals surface area contributed by atoms with Gasteiger partial charge < -0.3 is 4.74 Å². The highest BCUT2D eigenvalue weighted by Gasteiger charge is 2.27. The molecule has 0 aliphatic heterocycles. The smallest absolute Gasteiger partial charge is 0.340 e. The first-order valence-electron chi connectivity index (χ1n) is 11.7. The second kappa shape index (κ2) is 8.57. The first-order valence-corrected chi connectivity index (χ1v) is 11.7. The fourth-order valence-corrected chi connectivity index (χ4v) is 4.61. The number of carbonyl (C=O) groups is 1. The molecule has 8 heteroatoms. The third kappa shape index (κ3) is 3.76. The van der Waals surface area contributed by atoms with Crippen LogP contribution in [0, 0.1) is 13.3 Å². The van der Waals surface area contributed by atoms with Crippen LogP contribution in [0.4, 0.5) is 0 Å². The molecule has 177 valence electrons. The van der Waals surface area contributed by atoms with Crippen molar-refractivity contribution in [3.8, 4) is 0 Å². The van der Waals surface area contributed by atoms with Gasteiger partial charge in [0, 0.05) is 18.8 Å². The SMILES string of the molecule is C=C(Cc1ccc(C2=C(c3ccn4ncnc4c3)[CH]2)c(C)c1)c1ncnn2ccc(C(=O)OCC)c12. The molecule has 0 fully saturated rings. The summed E-state index contributed by atoms with van der Waals surface area (Å²) in [6, 6.07) is 12.3. The zero-order valence-corrected chi connectivity index (χ0v) is 20.0. The molecule has 0 atom stereocenters. The van der Waals surface area contributed by atoms with Crippen molar-refractivity contribution >= 4 is 33.9 Å². The predicted molar refractivity (Wildman–Crippen MR) is 137 cm³/mol. The van der Waals surface area contributed by atoms with Gasteiger partial charge in [0.25, 0.3) is 0 Å². The van der Waals surface area contributed by atoms with E-state index in [1.807, 2.05) is 12.3 Å². The summed E-state index contributed by atoms with van der Waals surface area (Å²) in [5.41, 5.74) is 10.5. The van der Waals surface area contributed by atoms with Crippen molar-refractivity contribution in [3.63, 3.8) is 0 Å². The van der Waals surface area contributed by atoms with Crippen molar-refractivity contribution < 1.29 is 9.53 Å². The molecule has 1 aromatic carbocycles. The molecule has 5 aromatic rings. The lowest BCUT2D eigenvalue weighted by Gasteiger charge is -2.10. The van der Waals surface area contributed by atoms with Gasteiger partial charge in [-0.05, 0) is 77.4 Å². The van der Waals surface area contributed by atoms with Crippen molar-refractivity contribution in [1.29, 1.82) is 0 Å². The summed E-state index contributed by atoms with van der Waals surface area (Å²) in [5.74, 6) is -0.392. The lowest BCUT2D eigenvalue weighted by Crippen LogP contribution is -2.07. The maximum Gasteiger partial charge on any atom is 0.340 e. The predicted octanol–water partition coefficient (Wildman–Crippen LogP) is 4.64. The number of aryl methyl sites for hydroxylation is 1. The summed E-state index contributed by atoms with van der Waals surface area (Å²) < 4.78 is 8.61. The number of carbonyl (C=O) groups excluding carboxylic acids is 1. The number of allylic oxidation sites excluding steroid dienone is 3. The Morgan fingerprint density at radius 1 is 1.00 bits per heavy atom. The Kier molecular flexibility index (Phi) is 5.21. The van der Waals surface area contributed by atoms with Crippen LogP contribution in [-0.2, 0) is 11.2 Å². The van der Waals surface area contributed by atoms with Crippen LogP contribution in [0.5, 0.6) is 0 Å². The number of aromatic nitrogens is 6. The number of rotatable bonds is 7. The average molecular weight is 476 g/mol. The first-order chi connectivity index (χ1) is 17.5. The topological polar surface area (TPSA) is 86.7 Å². The second-order valence-electron chi connectivity index (χ2n) is 8.73. The van der Waals surface area contributed by atoms with Crippen LogP contribution >= 0.6 is 0 Å². The van der Waals surface area contributed by atoms with Crippen molar-refractivity contribution in [2.75, 3.05) is 6.61 Å². The number of esters is 1. The van der Waals surface area contributed by atoms with Crippen molar-refractivity contribution in [2.24, 2.45) is 0 Å². The van der Waals surface area contributed by atoms with E-state index in [0.717, 1.165) is 22.3 Å². The van der Waals surface area contributed by atoms with Gasteiger partial charge in [0.1, 0.15) is 18.2 Å². The lowest BCUT2D eigenvalue weighted by atomic mass is 9.97. The van der Waals surface area contributed by atoms with E-state index in [-0.39, 0.29) is 0 Å². The minimum Gasteiger partial charge on any atom is -0.462 e. The number of ether oxygens (including phenoxy) is 1. The standard InChI is InChI=1S/C28H23N6O2/c1-4-36-28(35)22-8-10-34-27(22)26(30-16-32-34)18(3)12-19-5-6-21(17(2)11-19)24-14-23(24)20-7-9-33-25(13-20)29-15-31-33/h5-11,13-16H,3-4,12H2,1-2H3. The van der Waals surface area contributed by atoms with E-state index in [1.54, 1.807) is 34.5 Å². The van der Waals surface area contributed by atoms with Gasteiger partial charge in [0.15, 0.2) is 5.65 Å². The molecule has 8 nitrogen and oxygen atoms in total. The van der Waals surface area contributed by atoms with Crippen LogP contribution in [0.2, 0.25) is 0 Å². The molecule has 4 heterocycles. The number of fused-ring (bicyclic) bond motifs is 2. The molecule has 0 N–H and O–H groups in total. The van der Waals surface area contributed by atoms with E-state index in [9.17, 15) is 4.79 Å². The van der Waals surface area contributed by atoms with Gasteiger partial charge in [-0.25, -0.2) is 23.8 Å². The van der Waals surface area contributed by atoms with Crippen molar-refractivity contribution in [3.05, 3.63) is 108 Å². The van der Waals surface area contributed by atoms with Crippen molar-refractivity contribution in [2.45, 2.75) is 20.3 Å². The zero-order valence-electron chi connectivity index (χ0n) is 20.0. The fraction of sp³-hybridized carbons (Fsp3) is 0.143. The summed E-state index contributed by atoms with van der Waals surface area (Å²) in [4.78, 5) is 21.2. The Morgan fingerprint density at radius 2 is 1.81 bits per heavy atom. The molecule has 0 amide bonds. The van der Waals surface area contributed by atoms with Gasteiger partial charge in [0.05, 0.1) is 17.9 Å². The molecule has 6 rings (SSSR count). The number of hydrogen-bond donors (Lipinski definition) is 0. The lowest BCUT2D eigenvalue weighted by molar-refractivity contribution is 0.0528. The van der Waals surface area contributed by atoms with E-state index in [2.05, 4.69) is 64.4 Å². The first kappa shape index (κ1) is 21.9. The zero-order chi connectivity index (χ0) is 24.8. The summed E-state index contributed by atoms with van der Waals surface area (Å²) in [6.45, 7) is 8.49. The van der Waals surface area contributed by atoms with Crippen LogP contribution in [0.15, 0.2) is 68.0 Å². The Balaban J connectivity index is 1.26. The molecular weight excluding hydrogens is 452 g/mol. The maximum atomic E-state index is 12.4. The monoisotopic (exact) mass is 475 g/mol. The largest absolute Gasteiger partial charge is 0.462 e. The number of nitrogens with zero attached hydrogens (tertiary/aromatic N) is 6.